The lowest BCUT2D eigenvalue weighted by molar-refractivity contribution is 0.200. The van der Waals surface area contributed by atoms with Gasteiger partial charge in [0.05, 0.1) is 29.3 Å². The summed E-state index contributed by atoms with van der Waals surface area (Å²) in [6, 6.07) is 7.80. The third-order valence-electron chi connectivity index (χ3n) is 4.34. The summed E-state index contributed by atoms with van der Waals surface area (Å²) in [7, 11) is 3.65. The van der Waals surface area contributed by atoms with Gasteiger partial charge in [0, 0.05) is 20.3 Å². The van der Waals surface area contributed by atoms with Crippen LogP contribution >= 0.6 is 0 Å². The summed E-state index contributed by atoms with van der Waals surface area (Å²) in [5.74, 6) is 0.770. The van der Waals surface area contributed by atoms with Crippen LogP contribution in [0, 0.1) is 6.92 Å². The molecule has 0 spiro atoms. The highest BCUT2D eigenvalue weighted by molar-refractivity contribution is 5.76. The van der Waals surface area contributed by atoms with Crippen molar-refractivity contribution < 1.29 is 4.79 Å². The van der Waals surface area contributed by atoms with E-state index in [1.807, 2.05) is 39.1 Å². The fourth-order valence-electron chi connectivity index (χ4n) is 2.92. The molecule has 7 nitrogen and oxygen atoms in total. The van der Waals surface area contributed by atoms with Crippen LogP contribution in [0.25, 0.3) is 11.0 Å². The normalized spacial score (nSPS) is 12.3. The number of fused-ring (bicyclic) bond motifs is 1. The summed E-state index contributed by atoms with van der Waals surface area (Å²) < 4.78 is 1.79. The lowest BCUT2D eigenvalue weighted by Gasteiger charge is -2.22. The molecule has 0 saturated carbocycles. The van der Waals surface area contributed by atoms with Crippen molar-refractivity contribution in [3.63, 3.8) is 0 Å². The number of aryl methyl sites for hydroxylation is 2. The Hall–Kier alpha value is -2.83. The van der Waals surface area contributed by atoms with Crippen molar-refractivity contribution in [3.05, 3.63) is 47.5 Å². The molecule has 1 aromatic carbocycles. The van der Waals surface area contributed by atoms with E-state index in [4.69, 9.17) is 0 Å². The molecule has 0 aliphatic rings. The molecule has 25 heavy (non-hydrogen) atoms. The maximum atomic E-state index is 12.5. The van der Waals surface area contributed by atoms with E-state index in [1.54, 1.807) is 22.8 Å². The number of H-pyrrole nitrogens is 1. The van der Waals surface area contributed by atoms with Crippen LogP contribution in [-0.2, 0) is 13.6 Å². The number of aromatic amines is 1. The molecule has 2 amide bonds. The van der Waals surface area contributed by atoms with Gasteiger partial charge in [-0.1, -0.05) is 13.0 Å². The van der Waals surface area contributed by atoms with E-state index < -0.39 is 0 Å². The molecular formula is C18H24N6O. The Kier molecular flexibility index (Phi) is 4.74. The number of hydrogen-bond acceptors (Lipinski definition) is 3. The molecule has 0 unspecified atom stereocenters. The van der Waals surface area contributed by atoms with E-state index in [9.17, 15) is 4.79 Å². The number of aromatic nitrogens is 4. The molecule has 3 aromatic rings. The van der Waals surface area contributed by atoms with Crippen LogP contribution in [0.2, 0.25) is 0 Å². The molecule has 2 heterocycles. The zero-order chi connectivity index (χ0) is 18.0. The first-order valence-corrected chi connectivity index (χ1v) is 8.42. The highest BCUT2D eigenvalue weighted by atomic mass is 16.2. The largest absolute Gasteiger partial charge is 0.340 e. The van der Waals surface area contributed by atoms with Gasteiger partial charge >= 0.3 is 6.03 Å². The fourth-order valence-corrected chi connectivity index (χ4v) is 2.92. The Balaban J connectivity index is 1.68. The number of nitrogens with zero attached hydrogens (tertiary/aromatic N) is 4. The summed E-state index contributed by atoms with van der Waals surface area (Å²) in [4.78, 5) is 22.0. The van der Waals surface area contributed by atoms with E-state index in [-0.39, 0.29) is 12.1 Å². The van der Waals surface area contributed by atoms with Crippen LogP contribution in [0.3, 0.4) is 0 Å². The Labute approximate surface area is 147 Å². The first kappa shape index (κ1) is 17.0. The second-order valence-electron chi connectivity index (χ2n) is 6.35. The highest BCUT2D eigenvalue weighted by Gasteiger charge is 2.19. The van der Waals surface area contributed by atoms with Crippen LogP contribution < -0.4 is 5.32 Å². The second kappa shape index (κ2) is 6.96. The lowest BCUT2D eigenvalue weighted by Crippen LogP contribution is -2.39. The molecule has 1 atom stereocenters. The molecule has 132 valence electrons. The monoisotopic (exact) mass is 340 g/mol. The number of rotatable bonds is 5. The Morgan fingerprint density at radius 3 is 2.88 bits per heavy atom. The maximum Gasteiger partial charge on any atom is 0.318 e. The van der Waals surface area contributed by atoms with E-state index in [1.165, 1.54) is 5.56 Å². The maximum absolute atomic E-state index is 12.5. The number of urea groups is 1. The molecule has 0 aliphatic heterocycles. The van der Waals surface area contributed by atoms with Crippen molar-refractivity contribution in [3.8, 4) is 0 Å². The first-order valence-electron chi connectivity index (χ1n) is 8.42. The average Bonchev–Trinajstić information content (AvgIpc) is 3.17. The SMILES string of the molecule is CC[C@@H](NC(=O)N(C)Cc1nc2ccc(C)cc2[nH]1)c1ccnn1C. The molecule has 0 saturated heterocycles. The van der Waals surface area contributed by atoms with Crippen LogP contribution in [0.5, 0.6) is 0 Å². The van der Waals surface area contributed by atoms with Crippen LogP contribution in [0.4, 0.5) is 4.79 Å². The zero-order valence-corrected chi connectivity index (χ0v) is 15.1. The Morgan fingerprint density at radius 2 is 2.20 bits per heavy atom. The van der Waals surface area contributed by atoms with Gasteiger partial charge < -0.3 is 15.2 Å². The van der Waals surface area contributed by atoms with Gasteiger partial charge in [-0.05, 0) is 37.1 Å². The van der Waals surface area contributed by atoms with Crippen molar-refractivity contribution in [1.29, 1.82) is 0 Å². The summed E-state index contributed by atoms with van der Waals surface area (Å²) >= 11 is 0. The first-order chi connectivity index (χ1) is 12.0. The molecule has 2 aromatic heterocycles. The van der Waals surface area contributed by atoms with E-state index >= 15 is 0 Å². The van der Waals surface area contributed by atoms with Crippen molar-refractivity contribution in [2.24, 2.45) is 7.05 Å². The van der Waals surface area contributed by atoms with Gasteiger partial charge in [-0.25, -0.2) is 9.78 Å². The van der Waals surface area contributed by atoms with Crippen molar-refractivity contribution in [2.75, 3.05) is 7.05 Å². The number of amides is 2. The minimum Gasteiger partial charge on any atom is -0.340 e. The molecule has 2 N–H and O–H groups in total. The molecule has 7 heteroatoms. The smallest absolute Gasteiger partial charge is 0.318 e. The van der Waals surface area contributed by atoms with Gasteiger partial charge in [0.25, 0.3) is 0 Å². The fraction of sp³-hybridized carbons (Fsp3) is 0.389. The Bertz CT molecular complexity index is 881. The molecular weight excluding hydrogens is 316 g/mol. The predicted octanol–water partition coefficient (Wildman–Crippen LogP) is 2.90. The number of benzene rings is 1. The summed E-state index contributed by atoms with van der Waals surface area (Å²) in [5.41, 5.74) is 4.07. The number of nitrogens with one attached hydrogen (secondary N) is 2. The topological polar surface area (TPSA) is 78.8 Å². The van der Waals surface area contributed by atoms with E-state index in [0.29, 0.717) is 6.54 Å². The lowest BCUT2D eigenvalue weighted by atomic mass is 10.1. The van der Waals surface area contributed by atoms with Gasteiger partial charge in [0.1, 0.15) is 5.82 Å². The van der Waals surface area contributed by atoms with Gasteiger partial charge in [-0.3, -0.25) is 4.68 Å². The minimum atomic E-state index is -0.135. The standard InChI is InChI=1S/C18H24N6O/c1-5-13(16-8-9-19-24(16)4)22-18(25)23(3)11-17-20-14-7-6-12(2)10-15(14)21-17/h6-10,13H,5,11H2,1-4H3,(H,20,21)(H,22,25)/t13-/m1/s1. The van der Waals surface area contributed by atoms with Crippen molar-refractivity contribution in [2.45, 2.75) is 32.9 Å². The zero-order valence-electron chi connectivity index (χ0n) is 15.1. The number of carbonyl (C=O) groups is 1. The van der Waals surface area contributed by atoms with Crippen LogP contribution in [0.1, 0.15) is 36.5 Å². The number of hydrogen-bond donors (Lipinski definition) is 2. The van der Waals surface area contributed by atoms with Gasteiger partial charge in [-0.15, -0.1) is 0 Å². The Morgan fingerprint density at radius 1 is 1.40 bits per heavy atom. The molecule has 0 bridgehead atoms. The van der Waals surface area contributed by atoms with Gasteiger partial charge in [-0.2, -0.15) is 5.10 Å². The quantitative estimate of drug-likeness (QED) is 0.749. The third-order valence-corrected chi connectivity index (χ3v) is 4.34. The highest BCUT2D eigenvalue weighted by Crippen LogP contribution is 2.17. The second-order valence-corrected chi connectivity index (χ2v) is 6.35. The number of imidazole rings is 1. The van der Waals surface area contributed by atoms with E-state index in [2.05, 4.69) is 26.4 Å². The summed E-state index contributed by atoms with van der Waals surface area (Å²) in [6.45, 7) is 4.50. The molecule has 0 aliphatic carbocycles. The summed E-state index contributed by atoms with van der Waals surface area (Å²) in [5, 5.41) is 7.23. The molecule has 0 fully saturated rings. The summed E-state index contributed by atoms with van der Waals surface area (Å²) in [6.07, 6.45) is 2.54. The molecule has 3 rings (SSSR count). The average molecular weight is 340 g/mol. The van der Waals surface area contributed by atoms with Gasteiger partial charge in [0.15, 0.2) is 0 Å². The van der Waals surface area contributed by atoms with Crippen molar-refractivity contribution >= 4 is 17.1 Å². The molecule has 0 radical (unpaired) electrons. The third kappa shape index (κ3) is 3.65. The number of carbonyl (C=O) groups excluding carboxylic acids is 1. The minimum absolute atomic E-state index is 0.0687. The van der Waals surface area contributed by atoms with Crippen LogP contribution in [-0.4, -0.2) is 37.7 Å². The van der Waals surface area contributed by atoms with E-state index in [0.717, 1.165) is 29.0 Å². The predicted molar refractivity (Wildman–Crippen MR) is 97.1 cm³/mol. The van der Waals surface area contributed by atoms with Gasteiger partial charge in [0.2, 0.25) is 0 Å². The van der Waals surface area contributed by atoms with Crippen LogP contribution in [0.15, 0.2) is 30.5 Å². The van der Waals surface area contributed by atoms with Crippen molar-refractivity contribution in [1.82, 2.24) is 30.0 Å².